The van der Waals surface area contributed by atoms with Crippen LogP contribution in [0.25, 0.3) is 11.0 Å². The number of nitrogens with two attached hydrogens (primary N) is 2. The quantitative estimate of drug-likeness (QED) is 0.00779. The number of hydrazine groups is 1. The van der Waals surface area contributed by atoms with Crippen LogP contribution in [0.4, 0.5) is 19.0 Å². The van der Waals surface area contributed by atoms with Crippen LogP contribution in [-0.2, 0) is 69.6 Å². The summed E-state index contributed by atoms with van der Waals surface area (Å²) in [5, 5.41) is 9.87. The molecule has 30 heteroatoms. The van der Waals surface area contributed by atoms with Gasteiger partial charge in [0.1, 0.15) is 30.6 Å². The first-order chi connectivity index (χ1) is 36.8. The van der Waals surface area contributed by atoms with Gasteiger partial charge in [0.15, 0.2) is 17.3 Å². The smallest absolute Gasteiger partial charge is 0.491 e. The van der Waals surface area contributed by atoms with Gasteiger partial charge in [-0.05, 0) is 40.3 Å². The molecule has 0 saturated carbocycles. The number of rotatable bonds is 44. The Morgan fingerprint density at radius 1 is 0.842 bits per heavy atom. The molecule has 0 amide bonds. The maximum atomic E-state index is 13.6. The van der Waals surface area contributed by atoms with Crippen molar-refractivity contribution < 1.29 is 88.9 Å². The molecule has 24 nitrogen and oxygen atoms in total. The molecule has 0 aliphatic heterocycles. The molecular weight excluding hydrogens is 1070 g/mol. The van der Waals surface area contributed by atoms with Crippen molar-refractivity contribution >= 4 is 50.8 Å². The number of hydrogen-bond acceptors (Lipinski definition) is 23. The lowest BCUT2D eigenvalue weighted by Gasteiger charge is -2.15. The standard InChI is InChI=1S/C46H67ClF3N8O16P2/c1-63-38(32-73-76(62)33-75(60)61)6-8-58-45-39(29-54-58)44(55-46(47)56-45)53-28-34-2-4-37(5-3-34)72-25-24-70-21-20-68-18-19-69-22-23-71-31-36(51)30-57(52)9-11-65-13-15-67-17-16-66-14-12-64-10-7-42(59)74-43-40(49)26-35(48)27-41(43)50/h2-5,26-27,29-30,38,60-61H,6-25,28,31-33,51-52H2,1H3,(H,53,55,56)/q+1/b36-30-. The first-order valence-electron chi connectivity index (χ1n) is 23.9. The van der Waals surface area contributed by atoms with Gasteiger partial charge in [0.05, 0.1) is 142 Å². The zero-order valence-corrected chi connectivity index (χ0v) is 44.6. The number of esters is 1. The number of aryl methyl sites for hydroxylation is 1. The van der Waals surface area contributed by atoms with E-state index in [1.54, 1.807) is 17.1 Å². The Bertz CT molecular complexity index is 2300. The van der Waals surface area contributed by atoms with Gasteiger partial charge in [-0.15, -0.1) is 4.52 Å². The van der Waals surface area contributed by atoms with Crippen LogP contribution in [0, 0.1) is 17.5 Å². The van der Waals surface area contributed by atoms with Gasteiger partial charge in [-0.25, -0.2) is 23.7 Å². The van der Waals surface area contributed by atoms with Crippen molar-refractivity contribution in [3.05, 3.63) is 82.8 Å². The Kier molecular flexibility index (Phi) is 32.1. The van der Waals surface area contributed by atoms with Gasteiger partial charge in [-0.1, -0.05) is 12.1 Å². The van der Waals surface area contributed by atoms with E-state index in [2.05, 4.69) is 25.1 Å². The fourth-order valence-corrected chi connectivity index (χ4v) is 7.87. The molecule has 2 heterocycles. The Labute approximate surface area is 445 Å². The van der Waals surface area contributed by atoms with Crippen molar-refractivity contribution in [3.8, 4) is 11.5 Å². The summed E-state index contributed by atoms with van der Waals surface area (Å²) in [4.78, 5) is 38.5. The molecule has 2 aromatic carbocycles. The van der Waals surface area contributed by atoms with E-state index in [-0.39, 0.29) is 50.6 Å². The molecular formula is C46H67ClF3N8O16P2+. The van der Waals surface area contributed by atoms with E-state index in [0.717, 1.165) is 5.56 Å². The highest BCUT2D eigenvalue weighted by Gasteiger charge is 2.25. The van der Waals surface area contributed by atoms with Gasteiger partial charge in [0.25, 0.3) is 0 Å². The first-order valence-corrected chi connectivity index (χ1v) is 27.0. The summed E-state index contributed by atoms with van der Waals surface area (Å²) < 4.78 is 118. The van der Waals surface area contributed by atoms with Crippen molar-refractivity contribution in [2.45, 2.75) is 32.0 Å². The number of aromatic nitrogens is 4. The molecule has 4 aromatic rings. The van der Waals surface area contributed by atoms with Crippen molar-refractivity contribution in [2.24, 2.45) is 11.6 Å². The molecule has 7 N–H and O–H groups in total. The Balaban J connectivity index is 0.898. The van der Waals surface area contributed by atoms with E-state index in [0.29, 0.717) is 152 Å². The third kappa shape index (κ3) is 27.2. The third-order valence-corrected chi connectivity index (χ3v) is 12.5. The van der Waals surface area contributed by atoms with Gasteiger partial charge in [0, 0.05) is 38.5 Å². The fourth-order valence-electron chi connectivity index (χ4n) is 6.22. The zero-order chi connectivity index (χ0) is 54.8. The van der Waals surface area contributed by atoms with Crippen molar-refractivity contribution in [1.29, 1.82) is 0 Å². The summed E-state index contributed by atoms with van der Waals surface area (Å²) in [6.07, 6.45) is 2.99. The predicted octanol–water partition coefficient (Wildman–Crippen LogP) is 4.41. The number of nitrogens with zero attached hydrogens (tertiary/aromatic N) is 5. The molecule has 2 atom stereocenters. The topological polar surface area (TPSA) is 296 Å². The van der Waals surface area contributed by atoms with Gasteiger partial charge in [-0.2, -0.15) is 15.1 Å². The maximum Gasteiger partial charge on any atom is 0.517 e. The number of methoxy groups -OCH3 is 1. The van der Waals surface area contributed by atoms with Gasteiger partial charge in [-0.3, -0.25) is 4.79 Å². The van der Waals surface area contributed by atoms with E-state index in [1.807, 2.05) is 24.3 Å². The molecule has 2 aromatic heterocycles. The van der Waals surface area contributed by atoms with Crippen LogP contribution >= 0.6 is 28.0 Å². The lowest BCUT2D eigenvalue weighted by atomic mass is 10.2. The number of fused-ring (bicyclic) bond motifs is 1. The van der Waals surface area contributed by atoms with E-state index < -0.39 is 51.7 Å². The van der Waals surface area contributed by atoms with Crippen LogP contribution in [0.3, 0.4) is 0 Å². The molecule has 4 rings (SSSR count). The normalized spacial score (nSPS) is 12.4. The SMILES string of the molecule is COC(CCn1ncc2c(NCc3ccc(OCCOCCOCCOCCOC/C(N)=C/N(N)CCOCCOCCOCCOCCC(=O)Oc4c(F)cc(F)cc4F)cc3)nc(Cl)nc21)CO[P+](=O)CP(O)O. The van der Waals surface area contributed by atoms with E-state index in [4.69, 9.17) is 84.9 Å². The molecule has 0 saturated heterocycles. The molecule has 0 aliphatic carbocycles. The highest BCUT2D eigenvalue weighted by Crippen LogP contribution is 2.38. The summed E-state index contributed by atoms with van der Waals surface area (Å²) >= 11 is 6.27. The van der Waals surface area contributed by atoms with Crippen molar-refractivity contribution in [1.82, 2.24) is 24.8 Å². The highest BCUT2D eigenvalue weighted by atomic mass is 35.5. The van der Waals surface area contributed by atoms with Gasteiger partial charge >= 0.3 is 14.0 Å². The number of benzene rings is 2. The Hall–Kier alpha value is -4.51. The van der Waals surface area contributed by atoms with Crippen LogP contribution in [0.5, 0.6) is 11.5 Å². The molecule has 0 bridgehead atoms. The number of nitrogens with one attached hydrogen (secondary N) is 1. The minimum absolute atomic E-state index is 0.0153. The summed E-state index contributed by atoms with van der Waals surface area (Å²) in [7, 11) is -3.01. The molecule has 0 spiro atoms. The molecule has 0 fully saturated rings. The number of ether oxygens (including phenoxy) is 11. The lowest BCUT2D eigenvalue weighted by Crippen LogP contribution is -2.31. The van der Waals surface area contributed by atoms with Crippen LogP contribution in [0.2, 0.25) is 5.28 Å². The van der Waals surface area contributed by atoms with Crippen LogP contribution < -0.4 is 26.4 Å². The second-order valence-corrected chi connectivity index (χ2v) is 18.9. The van der Waals surface area contributed by atoms with Crippen LogP contribution in [-0.4, -0.2) is 185 Å². The van der Waals surface area contributed by atoms with E-state index in [9.17, 15) is 22.5 Å². The minimum atomic E-state index is -2.31. The summed E-state index contributed by atoms with van der Waals surface area (Å²) in [6, 6.07) is 8.43. The maximum absolute atomic E-state index is 13.6. The molecule has 0 aliphatic rings. The predicted molar refractivity (Wildman–Crippen MR) is 271 cm³/mol. The number of carbonyl (C=O) groups is 1. The third-order valence-electron chi connectivity index (χ3n) is 9.95. The lowest BCUT2D eigenvalue weighted by molar-refractivity contribution is -0.136. The molecule has 2 unspecified atom stereocenters. The molecule has 0 radical (unpaired) electrons. The fraction of sp³-hybridized carbons (Fsp3) is 0.565. The van der Waals surface area contributed by atoms with Crippen molar-refractivity contribution in [3.63, 3.8) is 0 Å². The highest BCUT2D eigenvalue weighted by molar-refractivity contribution is 7.60. The van der Waals surface area contributed by atoms with Crippen LogP contribution in [0.1, 0.15) is 18.4 Å². The Morgan fingerprint density at radius 2 is 1.41 bits per heavy atom. The monoisotopic (exact) mass is 1140 g/mol. The molecule has 76 heavy (non-hydrogen) atoms. The number of halogens is 4. The number of anilines is 1. The summed E-state index contributed by atoms with van der Waals surface area (Å²) in [5.74, 6) is 1.21. The van der Waals surface area contributed by atoms with E-state index in [1.165, 1.54) is 12.1 Å². The van der Waals surface area contributed by atoms with Crippen LogP contribution in [0.15, 0.2) is 54.5 Å². The zero-order valence-electron chi connectivity index (χ0n) is 42.1. The van der Waals surface area contributed by atoms with Gasteiger partial charge < -0.3 is 78.0 Å². The first kappa shape index (κ1) is 64.0. The largest absolute Gasteiger partial charge is 0.517 e. The average Bonchev–Trinajstić information content (AvgIpc) is 3.79. The minimum Gasteiger partial charge on any atom is -0.491 e. The van der Waals surface area contributed by atoms with E-state index >= 15 is 0 Å². The average molecular weight is 1140 g/mol. The second-order valence-electron chi connectivity index (χ2n) is 15.8. The number of hydrogen-bond donors (Lipinski definition) is 5. The van der Waals surface area contributed by atoms with Gasteiger partial charge in [0.2, 0.25) is 25.3 Å². The summed E-state index contributed by atoms with van der Waals surface area (Å²) in [5.41, 5.74) is 7.92. The Morgan fingerprint density at radius 3 is 2.00 bits per heavy atom. The number of carbonyl (C=O) groups excluding carboxylic acids is 1. The van der Waals surface area contributed by atoms with Crippen molar-refractivity contribution in [2.75, 3.05) is 144 Å². The second kappa shape index (κ2) is 38.1. The summed E-state index contributed by atoms with van der Waals surface area (Å²) in [6.45, 7) is 6.43. The molecule has 424 valence electrons.